The van der Waals surface area contributed by atoms with E-state index < -0.39 is 9.84 Å². The third kappa shape index (κ3) is 3.65. The molecular weight excluding hydrogens is 424 g/mol. The van der Waals surface area contributed by atoms with Gasteiger partial charge >= 0.3 is 0 Å². The topological polar surface area (TPSA) is 49.7 Å². The number of hydrogen-bond donors (Lipinski definition) is 0. The minimum atomic E-state index is -3.06. The molecule has 7 heteroatoms. The normalized spacial score (nSPS) is 22.7. The van der Waals surface area contributed by atoms with Crippen LogP contribution in [0, 0.1) is 0 Å². The number of sulfone groups is 1. The monoisotopic (exact) mass is 442 g/mol. The molecule has 2 heterocycles. The van der Waals surface area contributed by atoms with Gasteiger partial charge in [-0.1, -0.05) is 65.8 Å². The van der Waals surface area contributed by atoms with Crippen LogP contribution in [0.3, 0.4) is 0 Å². The fourth-order valence-electron chi connectivity index (χ4n) is 4.10. The SMILES string of the molecule is O=S1(=O)C[C@@H]2N=C(SCc3cccc4ccccc34)N(c3ccc(Cl)cc3)[C@@H]2C1. The molecule has 0 aromatic heterocycles. The molecule has 0 bridgehead atoms. The van der Waals surface area contributed by atoms with Crippen LogP contribution in [-0.2, 0) is 15.6 Å². The lowest BCUT2D eigenvalue weighted by atomic mass is 10.1. The van der Waals surface area contributed by atoms with Crippen molar-refractivity contribution >= 4 is 54.8 Å². The molecule has 1 fully saturated rings. The second kappa shape index (κ2) is 7.35. The van der Waals surface area contributed by atoms with E-state index in [1.54, 1.807) is 11.8 Å². The van der Waals surface area contributed by atoms with Gasteiger partial charge in [0.1, 0.15) is 0 Å². The Labute approximate surface area is 179 Å². The number of amidine groups is 1. The first-order chi connectivity index (χ1) is 14.0. The molecule has 0 spiro atoms. The highest BCUT2D eigenvalue weighted by Gasteiger charge is 2.47. The Hall–Kier alpha value is -2.02. The molecule has 5 rings (SSSR count). The molecule has 1 saturated heterocycles. The number of fused-ring (bicyclic) bond motifs is 2. The van der Waals surface area contributed by atoms with E-state index in [1.165, 1.54) is 16.3 Å². The van der Waals surface area contributed by atoms with Crippen LogP contribution in [0.2, 0.25) is 5.02 Å². The number of aliphatic imine (C=N–C) groups is 1. The Morgan fingerprint density at radius 3 is 2.59 bits per heavy atom. The molecular formula is C22H19ClN2O2S2. The molecule has 0 amide bonds. The fourth-order valence-corrected chi connectivity index (χ4v) is 7.19. The summed E-state index contributed by atoms with van der Waals surface area (Å²) in [5, 5.41) is 3.99. The van der Waals surface area contributed by atoms with Crippen LogP contribution in [0.4, 0.5) is 5.69 Å². The van der Waals surface area contributed by atoms with Gasteiger partial charge in [-0.25, -0.2) is 8.42 Å². The average Bonchev–Trinajstić information content (AvgIpc) is 3.18. The van der Waals surface area contributed by atoms with Gasteiger partial charge in [0.15, 0.2) is 15.0 Å². The van der Waals surface area contributed by atoms with Crippen molar-refractivity contribution < 1.29 is 8.42 Å². The van der Waals surface area contributed by atoms with Crippen LogP contribution in [-0.4, -0.2) is 37.2 Å². The predicted molar refractivity (Wildman–Crippen MR) is 123 cm³/mol. The highest BCUT2D eigenvalue weighted by atomic mass is 35.5. The molecule has 2 aliphatic heterocycles. The van der Waals surface area contributed by atoms with Crippen molar-refractivity contribution in [2.24, 2.45) is 4.99 Å². The van der Waals surface area contributed by atoms with Crippen molar-refractivity contribution in [2.75, 3.05) is 16.4 Å². The lowest BCUT2D eigenvalue weighted by molar-refractivity contribution is 0.601. The molecule has 4 nitrogen and oxygen atoms in total. The van der Waals surface area contributed by atoms with E-state index in [1.807, 2.05) is 30.3 Å². The molecule has 3 aromatic rings. The summed E-state index contributed by atoms with van der Waals surface area (Å²) in [4.78, 5) is 6.90. The van der Waals surface area contributed by atoms with Crippen LogP contribution in [0.5, 0.6) is 0 Å². The zero-order valence-electron chi connectivity index (χ0n) is 15.5. The second-order valence-corrected chi connectivity index (χ2v) is 10.9. The summed E-state index contributed by atoms with van der Waals surface area (Å²) in [6.45, 7) is 0. The van der Waals surface area contributed by atoms with Gasteiger partial charge in [-0.3, -0.25) is 4.99 Å². The number of anilines is 1. The first kappa shape index (κ1) is 19.0. The van der Waals surface area contributed by atoms with Gasteiger partial charge in [-0.05, 0) is 40.6 Å². The summed E-state index contributed by atoms with van der Waals surface area (Å²) in [6.07, 6.45) is 0. The number of thioether (sulfide) groups is 1. The maximum absolute atomic E-state index is 12.2. The van der Waals surface area contributed by atoms with Crippen molar-refractivity contribution in [1.82, 2.24) is 0 Å². The van der Waals surface area contributed by atoms with Crippen molar-refractivity contribution in [3.8, 4) is 0 Å². The minimum absolute atomic E-state index is 0.125. The molecule has 0 radical (unpaired) electrons. The molecule has 3 aromatic carbocycles. The first-order valence-electron chi connectivity index (χ1n) is 9.43. The third-order valence-electron chi connectivity index (χ3n) is 5.45. The van der Waals surface area contributed by atoms with E-state index in [9.17, 15) is 8.42 Å². The van der Waals surface area contributed by atoms with Crippen molar-refractivity contribution in [3.05, 3.63) is 77.3 Å². The van der Waals surface area contributed by atoms with Crippen molar-refractivity contribution in [1.29, 1.82) is 0 Å². The maximum Gasteiger partial charge on any atom is 0.164 e. The largest absolute Gasteiger partial charge is 0.315 e. The Balaban J connectivity index is 1.46. The lowest BCUT2D eigenvalue weighted by Crippen LogP contribution is -2.39. The van der Waals surface area contributed by atoms with E-state index in [-0.39, 0.29) is 23.6 Å². The molecule has 0 unspecified atom stereocenters. The van der Waals surface area contributed by atoms with Crippen LogP contribution in [0.1, 0.15) is 5.56 Å². The molecule has 29 heavy (non-hydrogen) atoms. The summed E-state index contributed by atoms with van der Waals surface area (Å²) in [5.41, 5.74) is 2.18. The summed E-state index contributed by atoms with van der Waals surface area (Å²) in [7, 11) is -3.06. The molecule has 0 aliphatic carbocycles. The van der Waals surface area contributed by atoms with Gasteiger partial charge in [-0.15, -0.1) is 0 Å². The first-order valence-corrected chi connectivity index (χ1v) is 12.6. The zero-order chi connectivity index (χ0) is 20.0. The van der Waals surface area contributed by atoms with E-state index in [0.29, 0.717) is 5.02 Å². The van der Waals surface area contributed by atoms with Crippen molar-refractivity contribution in [2.45, 2.75) is 17.8 Å². The number of hydrogen-bond acceptors (Lipinski definition) is 5. The average molecular weight is 443 g/mol. The predicted octanol–water partition coefficient (Wildman–Crippen LogP) is 4.77. The quantitative estimate of drug-likeness (QED) is 0.586. The van der Waals surface area contributed by atoms with Gasteiger partial charge in [0.2, 0.25) is 0 Å². The van der Waals surface area contributed by atoms with Gasteiger partial charge in [-0.2, -0.15) is 0 Å². The Bertz CT molecular complexity index is 1200. The summed E-state index contributed by atoms with van der Waals surface area (Å²) in [6, 6.07) is 21.9. The van der Waals surface area contributed by atoms with Gasteiger partial charge in [0.25, 0.3) is 0 Å². The van der Waals surface area contributed by atoms with E-state index in [0.717, 1.165) is 16.6 Å². The minimum Gasteiger partial charge on any atom is -0.315 e. The molecule has 2 aliphatic rings. The fraction of sp³-hybridized carbons (Fsp3) is 0.227. The smallest absolute Gasteiger partial charge is 0.164 e. The highest BCUT2D eigenvalue weighted by Crippen LogP contribution is 2.36. The third-order valence-corrected chi connectivity index (χ3v) is 8.42. The van der Waals surface area contributed by atoms with Crippen molar-refractivity contribution in [3.63, 3.8) is 0 Å². The maximum atomic E-state index is 12.2. The summed E-state index contributed by atoms with van der Waals surface area (Å²) < 4.78 is 24.4. The summed E-state index contributed by atoms with van der Waals surface area (Å²) >= 11 is 7.72. The molecule has 0 N–H and O–H groups in total. The van der Waals surface area contributed by atoms with E-state index >= 15 is 0 Å². The Morgan fingerprint density at radius 2 is 1.76 bits per heavy atom. The molecule has 0 saturated carbocycles. The lowest BCUT2D eigenvalue weighted by Gasteiger charge is -2.26. The van der Waals surface area contributed by atoms with E-state index in [2.05, 4.69) is 41.3 Å². The molecule has 148 valence electrons. The van der Waals surface area contributed by atoms with E-state index in [4.69, 9.17) is 16.6 Å². The van der Waals surface area contributed by atoms with Crippen LogP contribution in [0.25, 0.3) is 10.8 Å². The number of benzene rings is 3. The molecule has 2 atom stereocenters. The van der Waals surface area contributed by atoms with Crippen LogP contribution < -0.4 is 4.90 Å². The van der Waals surface area contributed by atoms with Gasteiger partial charge in [0, 0.05) is 16.5 Å². The Kier molecular flexibility index (Phi) is 4.81. The summed E-state index contributed by atoms with van der Waals surface area (Å²) in [5.74, 6) is 1.04. The zero-order valence-corrected chi connectivity index (χ0v) is 17.9. The Morgan fingerprint density at radius 1 is 1.00 bits per heavy atom. The number of rotatable bonds is 3. The van der Waals surface area contributed by atoms with Crippen LogP contribution in [0.15, 0.2) is 71.7 Å². The van der Waals surface area contributed by atoms with Gasteiger partial charge < -0.3 is 4.90 Å². The second-order valence-electron chi connectivity index (χ2n) is 7.40. The van der Waals surface area contributed by atoms with Gasteiger partial charge in [0.05, 0.1) is 23.6 Å². The standard InChI is InChI=1S/C22H19ClN2O2S2/c23-17-8-10-18(11-9-17)25-21-14-29(26,27)13-20(21)24-22(25)28-12-16-6-3-5-15-4-1-2-7-19(15)16/h1-11,20-21H,12-14H2/t20-,21+/m0/s1. The van der Waals surface area contributed by atoms with Crippen LogP contribution >= 0.6 is 23.4 Å². The highest BCUT2D eigenvalue weighted by molar-refractivity contribution is 8.13. The number of nitrogens with zero attached hydrogens (tertiary/aromatic N) is 2. The number of halogens is 1.